The highest BCUT2D eigenvalue weighted by Crippen LogP contribution is 2.17. The van der Waals surface area contributed by atoms with Crippen LogP contribution in [0.5, 0.6) is 0 Å². The largest absolute Gasteiger partial charge is 0.378 e. The maximum absolute atomic E-state index is 11.4. The van der Waals surface area contributed by atoms with Crippen molar-refractivity contribution in [2.24, 2.45) is 0 Å². The Balaban J connectivity index is 2.84. The highest BCUT2D eigenvalue weighted by Gasteiger charge is 2.18. The van der Waals surface area contributed by atoms with Crippen molar-refractivity contribution in [2.75, 3.05) is 14.1 Å². The molecule has 3 nitrogen and oxygen atoms in total. The molecule has 0 saturated heterocycles. The highest BCUT2D eigenvalue weighted by molar-refractivity contribution is 6.30. The van der Waals surface area contributed by atoms with Crippen molar-refractivity contribution in [3.8, 4) is 0 Å². The summed E-state index contributed by atoms with van der Waals surface area (Å²) in [5.74, 6) is -0.340. The minimum atomic E-state index is -1.11. The molecule has 0 fully saturated rings. The summed E-state index contributed by atoms with van der Waals surface area (Å²) in [6, 6.07) is 6.55. The first-order valence-electron chi connectivity index (χ1n) is 4.17. The van der Waals surface area contributed by atoms with Gasteiger partial charge in [0.05, 0.1) is 0 Å². The van der Waals surface area contributed by atoms with Crippen molar-refractivity contribution in [3.63, 3.8) is 0 Å². The third kappa shape index (κ3) is 2.47. The van der Waals surface area contributed by atoms with Gasteiger partial charge in [0, 0.05) is 19.1 Å². The zero-order valence-electron chi connectivity index (χ0n) is 8.07. The second-order valence-electron chi connectivity index (χ2n) is 3.19. The van der Waals surface area contributed by atoms with Crippen molar-refractivity contribution in [1.82, 2.24) is 4.90 Å². The molecule has 4 heteroatoms. The Morgan fingerprint density at radius 1 is 1.36 bits per heavy atom. The van der Waals surface area contributed by atoms with E-state index >= 15 is 0 Å². The van der Waals surface area contributed by atoms with Crippen molar-refractivity contribution < 1.29 is 9.90 Å². The van der Waals surface area contributed by atoms with Crippen molar-refractivity contribution in [2.45, 2.75) is 6.10 Å². The highest BCUT2D eigenvalue weighted by atomic mass is 35.5. The van der Waals surface area contributed by atoms with Gasteiger partial charge in [-0.1, -0.05) is 23.7 Å². The number of nitrogens with zero attached hydrogens (tertiary/aromatic N) is 1. The SMILES string of the molecule is CN(C)C(=O)C(O)c1ccc(Cl)cc1. The lowest BCUT2D eigenvalue weighted by Gasteiger charge is -2.15. The van der Waals surface area contributed by atoms with Crippen LogP contribution in [-0.2, 0) is 4.79 Å². The van der Waals surface area contributed by atoms with E-state index in [1.807, 2.05) is 0 Å². The average Bonchev–Trinajstić information content (AvgIpc) is 2.16. The van der Waals surface area contributed by atoms with Crippen LogP contribution >= 0.6 is 11.6 Å². The molecule has 0 bridgehead atoms. The van der Waals surface area contributed by atoms with Crippen LogP contribution in [0.2, 0.25) is 5.02 Å². The van der Waals surface area contributed by atoms with Crippen LogP contribution in [0.4, 0.5) is 0 Å². The van der Waals surface area contributed by atoms with E-state index in [1.54, 1.807) is 38.4 Å². The number of carbonyl (C=O) groups is 1. The Morgan fingerprint density at radius 2 is 1.86 bits per heavy atom. The molecule has 0 aliphatic heterocycles. The van der Waals surface area contributed by atoms with Gasteiger partial charge in [0.1, 0.15) is 0 Å². The molecule has 1 aromatic rings. The zero-order valence-corrected chi connectivity index (χ0v) is 8.82. The second-order valence-corrected chi connectivity index (χ2v) is 3.62. The van der Waals surface area contributed by atoms with Gasteiger partial charge in [-0.3, -0.25) is 4.79 Å². The maximum atomic E-state index is 11.4. The number of benzene rings is 1. The average molecular weight is 214 g/mol. The molecule has 0 spiro atoms. The number of amides is 1. The van der Waals surface area contributed by atoms with E-state index in [2.05, 4.69) is 0 Å². The number of carbonyl (C=O) groups excluding carboxylic acids is 1. The Labute approximate surface area is 87.9 Å². The Hall–Kier alpha value is -1.06. The lowest BCUT2D eigenvalue weighted by atomic mass is 10.1. The Bertz CT molecular complexity index is 321. The smallest absolute Gasteiger partial charge is 0.255 e. The fourth-order valence-corrected chi connectivity index (χ4v) is 1.16. The second kappa shape index (κ2) is 4.44. The third-order valence-electron chi connectivity index (χ3n) is 1.86. The maximum Gasteiger partial charge on any atom is 0.255 e. The quantitative estimate of drug-likeness (QED) is 0.808. The Morgan fingerprint density at radius 3 is 2.29 bits per heavy atom. The van der Waals surface area contributed by atoms with Crippen LogP contribution in [0, 0.1) is 0 Å². The molecule has 1 rings (SSSR count). The molecule has 0 radical (unpaired) electrons. The van der Waals surface area contributed by atoms with Crippen molar-refractivity contribution >= 4 is 17.5 Å². The van der Waals surface area contributed by atoms with Gasteiger partial charge in [0.2, 0.25) is 0 Å². The minimum absolute atomic E-state index is 0.340. The summed E-state index contributed by atoms with van der Waals surface area (Å²) < 4.78 is 0. The molecule has 1 N–H and O–H groups in total. The first kappa shape index (κ1) is 11.0. The predicted octanol–water partition coefficient (Wildman–Crippen LogP) is 1.46. The molecule has 1 unspecified atom stereocenters. The molecule has 0 aromatic heterocycles. The van der Waals surface area contributed by atoms with E-state index in [-0.39, 0.29) is 5.91 Å². The standard InChI is InChI=1S/C10H12ClNO2/c1-12(2)10(14)9(13)7-3-5-8(11)6-4-7/h3-6,9,13H,1-2H3. The van der Waals surface area contributed by atoms with E-state index in [0.29, 0.717) is 10.6 Å². The summed E-state index contributed by atoms with van der Waals surface area (Å²) in [4.78, 5) is 12.7. The van der Waals surface area contributed by atoms with Crippen LogP contribution < -0.4 is 0 Å². The molecule has 0 aliphatic rings. The van der Waals surface area contributed by atoms with Gasteiger partial charge in [-0.15, -0.1) is 0 Å². The van der Waals surface area contributed by atoms with Gasteiger partial charge >= 0.3 is 0 Å². The first-order valence-corrected chi connectivity index (χ1v) is 4.55. The summed E-state index contributed by atoms with van der Waals surface area (Å²) in [5.41, 5.74) is 0.549. The van der Waals surface area contributed by atoms with E-state index in [1.165, 1.54) is 4.90 Å². The van der Waals surface area contributed by atoms with Gasteiger partial charge in [0.25, 0.3) is 5.91 Å². The number of halogens is 1. The molecular formula is C10H12ClNO2. The van der Waals surface area contributed by atoms with E-state index in [0.717, 1.165) is 0 Å². The van der Waals surface area contributed by atoms with Gasteiger partial charge in [-0.2, -0.15) is 0 Å². The van der Waals surface area contributed by atoms with Gasteiger partial charge < -0.3 is 10.0 Å². The predicted molar refractivity (Wildman–Crippen MR) is 55.1 cm³/mol. The van der Waals surface area contributed by atoms with E-state index in [9.17, 15) is 9.90 Å². The number of hydrogen-bond acceptors (Lipinski definition) is 2. The molecular weight excluding hydrogens is 202 g/mol. The molecule has 0 heterocycles. The fraction of sp³-hybridized carbons (Fsp3) is 0.300. The summed E-state index contributed by atoms with van der Waals surface area (Å²) >= 11 is 5.68. The number of aliphatic hydroxyl groups is 1. The number of rotatable bonds is 2. The van der Waals surface area contributed by atoms with Crippen LogP contribution in [0.25, 0.3) is 0 Å². The Kier molecular flexibility index (Phi) is 3.49. The van der Waals surface area contributed by atoms with E-state index < -0.39 is 6.10 Å². The van der Waals surface area contributed by atoms with Crippen LogP contribution in [0.1, 0.15) is 11.7 Å². The fourth-order valence-electron chi connectivity index (χ4n) is 1.03. The number of aliphatic hydroxyl groups excluding tert-OH is 1. The van der Waals surface area contributed by atoms with Crippen LogP contribution in [-0.4, -0.2) is 30.0 Å². The molecule has 1 atom stereocenters. The zero-order chi connectivity index (χ0) is 10.7. The van der Waals surface area contributed by atoms with Gasteiger partial charge in [0.15, 0.2) is 6.10 Å². The van der Waals surface area contributed by atoms with E-state index in [4.69, 9.17) is 11.6 Å². The topological polar surface area (TPSA) is 40.5 Å². The number of hydrogen-bond donors (Lipinski definition) is 1. The normalized spacial score (nSPS) is 12.3. The van der Waals surface area contributed by atoms with Crippen LogP contribution in [0.15, 0.2) is 24.3 Å². The molecule has 14 heavy (non-hydrogen) atoms. The summed E-state index contributed by atoms with van der Waals surface area (Å²) in [7, 11) is 3.20. The summed E-state index contributed by atoms with van der Waals surface area (Å²) in [6.45, 7) is 0. The number of likely N-dealkylation sites (N-methyl/N-ethyl adjacent to an activating group) is 1. The third-order valence-corrected chi connectivity index (χ3v) is 2.11. The molecule has 1 amide bonds. The lowest BCUT2D eigenvalue weighted by Crippen LogP contribution is -2.27. The first-order chi connectivity index (χ1) is 6.52. The van der Waals surface area contributed by atoms with Crippen molar-refractivity contribution in [1.29, 1.82) is 0 Å². The van der Waals surface area contributed by atoms with Gasteiger partial charge in [-0.05, 0) is 17.7 Å². The summed E-state index contributed by atoms with van der Waals surface area (Å²) in [6.07, 6.45) is -1.11. The summed E-state index contributed by atoms with van der Waals surface area (Å²) in [5, 5.41) is 10.2. The molecule has 1 aromatic carbocycles. The monoisotopic (exact) mass is 213 g/mol. The van der Waals surface area contributed by atoms with Crippen LogP contribution in [0.3, 0.4) is 0 Å². The molecule has 0 aliphatic carbocycles. The lowest BCUT2D eigenvalue weighted by molar-refractivity contribution is -0.137. The van der Waals surface area contributed by atoms with Crippen molar-refractivity contribution in [3.05, 3.63) is 34.9 Å². The molecule has 76 valence electrons. The van der Waals surface area contributed by atoms with Gasteiger partial charge in [-0.25, -0.2) is 0 Å². The minimum Gasteiger partial charge on any atom is -0.378 e. The molecule has 0 saturated carbocycles.